The van der Waals surface area contributed by atoms with Gasteiger partial charge in [0.1, 0.15) is 17.8 Å². The number of anilines is 1. The number of nitrogens with one attached hydrogen (secondary N) is 1. The quantitative estimate of drug-likeness (QED) is 0.310. The third-order valence-corrected chi connectivity index (χ3v) is 6.38. The van der Waals surface area contributed by atoms with E-state index in [2.05, 4.69) is 10.3 Å². The van der Waals surface area contributed by atoms with Crippen molar-refractivity contribution in [2.45, 2.75) is 46.3 Å². The van der Waals surface area contributed by atoms with Gasteiger partial charge in [-0.25, -0.2) is 4.98 Å². The fourth-order valence-corrected chi connectivity index (χ4v) is 4.88. The summed E-state index contributed by atoms with van der Waals surface area (Å²) in [7, 11) is 0. The van der Waals surface area contributed by atoms with E-state index >= 15 is 0 Å². The predicted octanol–water partition coefficient (Wildman–Crippen LogP) is 5.46. The van der Waals surface area contributed by atoms with E-state index in [-0.39, 0.29) is 25.0 Å². The number of aromatic nitrogens is 2. The number of carbonyl (C=O) groups excluding carboxylic acids is 3. The molecule has 0 bridgehead atoms. The number of thiazole rings is 1. The summed E-state index contributed by atoms with van der Waals surface area (Å²) in [5.41, 5.74) is 2.06. The van der Waals surface area contributed by atoms with E-state index in [1.54, 1.807) is 31.4 Å². The molecule has 8 nitrogen and oxygen atoms in total. The molecule has 2 aromatic carbocycles. The number of hydrogen-bond acceptors (Lipinski definition) is 7. The molecule has 0 aliphatic rings. The van der Waals surface area contributed by atoms with Gasteiger partial charge in [0.15, 0.2) is 5.13 Å². The third kappa shape index (κ3) is 6.62. The molecule has 0 spiro atoms. The van der Waals surface area contributed by atoms with Gasteiger partial charge in [-0.2, -0.15) is 0 Å². The summed E-state index contributed by atoms with van der Waals surface area (Å²) in [5, 5.41) is 4.15. The first-order valence-electron chi connectivity index (χ1n) is 11.9. The standard InChI is InChI=1S/C28H29N3O5S/c1-18(32)35-15-14-23-25(19-10-6-5-7-11-19)29-27(37-23)30-26(34)22-16-20-12-8-9-13-21(20)31(22)17-24(33)36-28(2,3)4/h5-13,16H,14-15,17H2,1-4H3,(H,29,30,34). The molecule has 0 unspecified atom stereocenters. The van der Waals surface area contributed by atoms with Crippen molar-refractivity contribution in [3.8, 4) is 11.3 Å². The van der Waals surface area contributed by atoms with Crippen molar-refractivity contribution >= 4 is 45.2 Å². The highest BCUT2D eigenvalue weighted by Gasteiger charge is 2.23. The molecule has 2 aromatic heterocycles. The minimum Gasteiger partial charge on any atom is -0.465 e. The molecule has 37 heavy (non-hydrogen) atoms. The van der Waals surface area contributed by atoms with Crippen LogP contribution in [0.4, 0.5) is 5.13 Å². The zero-order chi connectivity index (χ0) is 26.6. The minimum absolute atomic E-state index is 0.103. The largest absolute Gasteiger partial charge is 0.465 e. The van der Waals surface area contributed by atoms with Crippen LogP contribution in [0.1, 0.15) is 43.1 Å². The van der Waals surface area contributed by atoms with Gasteiger partial charge in [-0.15, -0.1) is 11.3 Å². The summed E-state index contributed by atoms with van der Waals surface area (Å²) in [6.45, 7) is 6.89. The summed E-state index contributed by atoms with van der Waals surface area (Å²) in [6.07, 6.45) is 0.469. The van der Waals surface area contributed by atoms with E-state index in [0.717, 1.165) is 27.0 Å². The van der Waals surface area contributed by atoms with Gasteiger partial charge < -0.3 is 14.0 Å². The van der Waals surface area contributed by atoms with Crippen LogP contribution in [0.3, 0.4) is 0 Å². The zero-order valence-corrected chi connectivity index (χ0v) is 22.1. The van der Waals surface area contributed by atoms with Crippen LogP contribution in [-0.4, -0.2) is 39.6 Å². The molecule has 1 amide bonds. The number of carbonyl (C=O) groups is 3. The van der Waals surface area contributed by atoms with Gasteiger partial charge in [0, 0.05) is 34.7 Å². The molecular weight excluding hydrogens is 490 g/mol. The molecule has 0 radical (unpaired) electrons. The van der Waals surface area contributed by atoms with Crippen LogP contribution in [0.15, 0.2) is 60.7 Å². The Hall–Kier alpha value is -3.98. The number of esters is 2. The highest BCUT2D eigenvalue weighted by Crippen LogP contribution is 2.32. The van der Waals surface area contributed by atoms with Crippen molar-refractivity contribution in [1.29, 1.82) is 0 Å². The average molecular weight is 520 g/mol. The Morgan fingerprint density at radius 1 is 1.03 bits per heavy atom. The van der Waals surface area contributed by atoms with Crippen LogP contribution in [0.25, 0.3) is 22.2 Å². The van der Waals surface area contributed by atoms with E-state index in [9.17, 15) is 14.4 Å². The summed E-state index contributed by atoms with van der Waals surface area (Å²) in [4.78, 5) is 42.9. The molecule has 0 aliphatic heterocycles. The fraction of sp³-hybridized carbons (Fsp3) is 0.286. The Morgan fingerprint density at radius 2 is 1.73 bits per heavy atom. The maximum Gasteiger partial charge on any atom is 0.326 e. The van der Waals surface area contributed by atoms with Crippen LogP contribution in [-0.2, 0) is 32.0 Å². The Bertz CT molecular complexity index is 1430. The molecule has 0 saturated heterocycles. The molecule has 9 heteroatoms. The lowest BCUT2D eigenvalue weighted by atomic mass is 10.1. The first-order chi connectivity index (χ1) is 17.6. The summed E-state index contributed by atoms with van der Waals surface area (Å²) >= 11 is 1.33. The number of hydrogen-bond donors (Lipinski definition) is 1. The maximum absolute atomic E-state index is 13.4. The van der Waals surface area contributed by atoms with Crippen molar-refractivity contribution in [3.63, 3.8) is 0 Å². The van der Waals surface area contributed by atoms with E-state index in [4.69, 9.17) is 9.47 Å². The van der Waals surface area contributed by atoms with Gasteiger partial charge in [0.2, 0.25) is 0 Å². The lowest BCUT2D eigenvalue weighted by molar-refractivity contribution is -0.155. The highest BCUT2D eigenvalue weighted by molar-refractivity contribution is 7.16. The monoisotopic (exact) mass is 519 g/mol. The smallest absolute Gasteiger partial charge is 0.326 e. The second-order valence-corrected chi connectivity index (χ2v) is 10.5. The lowest BCUT2D eigenvalue weighted by Gasteiger charge is -2.20. The normalized spacial score (nSPS) is 11.4. The number of rotatable bonds is 8. The highest BCUT2D eigenvalue weighted by atomic mass is 32.1. The molecule has 2 heterocycles. The second-order valence-electron chi connectivity index (χ2n) is 9.46. The Labute approximate surface area is 219 Å². The molecule has 0 saturated carbocycles. The van der Waals surface area contributed by atoms with E-state index in [1.807, 2.05) is 54.6 Å². The molecule has 4 aromatic rings. The van der Waals surface area contributed by atoms with Crippen LogP contribution < -0.4 is 5.32 Å². The lowest BCUT2D eigenvalue weighted by Crippen LogP contribution is -2.28. The Kier molecular flexibility index (Phi) is 7.73. The zero-order valence-electron chi connectivity index (χ0n) is 21.2. The third-order valence-electron chi connectivity index (χ3n) is 5.35. The maximum atomic E-state index is 13.4. The van der Waals surface area contributed by atoms with Crippen LogP contribution >= 0.6 is 11.3 Å². The molecule has 1 N–H and O–H groups in total. The number of nitrogens with zero attached hydrogens (tertiary/aromatic N) is 2. The fourth-order valence-electron chi connectivity index (χ4n) is 3.92. The topological polar surface area (TPSA) is 99.5 Å². The van der Waals surface area contributed by atoms with E-state index in [0.29, 0.717) is 17.2 Å². The molecule has 0 aliphatic carbocycles. The van der Waals surface area contributed by atoms with Crippen molar-refractivity contribution in [2.24, 2.45) is 0 Å². The van der Waals surface area contributed by atoms with Gasteiger partial charge in [0.25, 0.3) is 5.91 Å². The SMILES string of the molecule is CC(=O)OCCc1sc(NC(=O)c2cc3ccccc3n2CC(=O)OC(C)(C)C)nc1-c1ccccc1. The number of benzene rings is 2. The van der Waals surface area contributed by atoms with Crippen molar-refractivity contribution in [1.82, 2.24) is 9.55 Å². The van der Waals surface area contributed by atoms with Gasteiger partial charge in [-0.05, 0) is 32.9 Å². The first kappa shape index (κ1) is 26.1. The number of para-hydroxylation sites is 1. The van der Waals surface area contributed by atoms with Gasteiger partial charge in [0.05, 0.1) is 12.3 Å². The molecule has 192 valence electrons. The number of ether oxygens (including phenoxy) is 2. The van der Waals surface area contributed by atoms with Gasteiger partial charge in [-0.1, -0.05) is 48.5 Å². The van der Waals surface area contributed by atoms with Gasteiger partial charge in [-0.3, -0.25) is 19.7 Å². The number of fused-ring (bicyclic) bond motifs is 1. The second kappa shape index (κ2) is 11.0. The molecular formula is C28H29N3O5S. The minimum atomic E-state index is -0.639. The first-order valence-corrected chi connectivity index (χ1v) is 12.7. The predicted molar refractivity (Wildman–Crippen MR) is 144 cm³/mol. The van der Waals surface area contributed by atoms with E-state index in [1.165, 1.54) is 18.3 Å². The molecule has 0 atom stereocenters. The van der Waals surface area contributed by atoms with Crippen molar-refractivity contribution in [3.05, 3.63) is 71.2 Å². The van der Waals surface area contributed by atoms with Crippen LogP contribution in [0.5, 0.6) is 0 Å². The van der Waals surface area contributed by atoms with Crippen LogP contribution in [0, 0.1) is 0 Å². The Balaban J connectivity index is 1.63. The summed E-state index contributed by atoms with van der Waals surface area (Å²) in [5.74, 6) is -1.17. The summed E-state index contributed by atoms with van der Waals surface area (Å²) < 4.78 is 12.3. The average Bonchev–Trinajstić information content (AvgIpc) is 3.39. The Morgan fingerprint density at radius 3 is 2.43 bits per heavy atom. The van der Waals surface area contributed by atoms with Gasteiger partial charge >= 0.3 is 11.9 Å². The molecule has 4 rings (SSSR count). The van der Waals surface area contributed by atoms with Crippen molar-refractivity contribution in [2.75, 3.05) is 11.9 Å². The number of amides is 1. The van der Waals surface area contributed by atoms with E-state index < -0.39 is 11.6 Å². The van der Waals surface area contributed by atoms with Crippen molar-refractivity contribution < 1.29 is 23.9 Å². The van der Waals surface area contributed by atoms with Crippen LogP contribution in [0.2, 0.25) is 0 Å². The molecule has 0 fully saturated rings. The summed E-state index contributed by atoms with van der Waals surface area (Å²) in [6, 6.07) is 18.9.